The molecule has 3 heterocycles. The molecule has 2 aliphatic heterocycles. The van der Waals surface area contributed by atoms with Gasteiger partial charge in [0.15, 0.2) is 11.5 Å². The third-order valence-electron chi connectivity index (χ3n) is 5.36. The van der Waals surface area contributed by atoms with Crippen LogP contribution in [-0.2, 0) is 19.9 Å². The van der Waals surface area contributed by atoms with E-state index in [-0.39, 0.29) is 0 Å². The van der Waals surface area contributed by atoms with Crippen molar-refractivity contribution in [1.29, 1.82) is 0 Å². The maximum absolute atomic E-state index is 5.68. The molecular formula is C21H23N3O2. The van der Waals surface area contributed by atoms with E-state index in [4.69, 9.17) is 9.47 Å². The third-order valence-corrected chi connectivity index (χ3v) is 5.36. The van der Waals surface area contributed by atoms with Crippen molar-refractivity contribution in [3.63, 3.8) is 0 Å². The highest BCUT2D eigenvalue weighted by molar-refractivity contribution is 5.89. The Morgan fingerprint density at radius 2 is 1.69 bits per heavy atom. The lowest BCUT2D eigenvalue weighted by Gasteiger charge is -2.19. The van der Waals surface area contributed by atoms with E-state index in [1.54, 1.807) is 0 Å². The van der Waals surface area contributed by atoms with Crippen molar-refractivity contribution in [2.45, 2.75) is 12.8 Å². The van der Waals surface area contributed by atoms with E-state index < -0.39 is 0 Å². The van der Waals surface area contributed by atoms with E-state index >= 15 is 0 Å². The number of nitrogens with zero attached hydrogens (tertiary/aromatic N) is 1. The number of fused-ring (bicyclic) bond motifs is 4. The fraction of sp³-hybridized carbons (Fsp3) is 0.333. The lowest BCUT2D eigenvalue weighted by Crippen LogP contribution is -2.17. The molecule has 0 fully saturated rings. The van der Waals surface area contributed by atoms with E-state index in [1.807, 2.05) is 18.2 Å². The summed E-state index contributed by atoms with van der Waals surface area (Å²) in [5.41, 5.74) is 6.34. The van der Waals surface area contributed by atoms with Crippen molar-refractivity contribution in [3.05, 3.63) is 47.7 Å². The Labute approximate surface area is 152 Å². The fourth-order valence-corrected chi connectivity index (χ4v) is 4.08. The monoisotopic (exact) mass is 349 g/mol. The number of anilines is 2. The number of ether oxygens (including phenoxy) is 2. The number of benzene rings is 2. The highest BCUT2D eigenvalue weighted by Gasteiger charge is 2.17. The fourth-order valence-electron chi connectivity index (χ4n) is 4.08. The molecule has 0 saturated heterocycles. The van der Waals surface area contributed by atoms with Gasteiger partial charge < -0.3 is 24.7 Å². The van der Waals surface area contributed by atoms with Crippen LogP contribution < -0.4 is 20.1 Å². The molecule has 0 amide bonds. The first kappa shape index (κ1) is 15.6. The van der Waals surface area contributed by atoms with Gasteiger partial charge in [-0.15, -0.1) is 0 Å². The van der Waals surface area contributed by atoms with E-state index in [9.17, 15) is 0 Å². The molecule has 26 heavy (non-hydrogen) atoms. The number of hydrogen-bond donors (Lipinski definition) is 2. The minimum atomic E-state index is 0.603. The Kier molecular flexibility index (Phi) is 3.75. The first-order chi connectivity index (χ1) is 12.8. The average molecular weight is 349 g/mol. The predicted molar refractivity (Wildman–Crippen MR) is 104 cm³/mol. The zero-order valence-electron chi connectivity index (χ0n) is 15.0. The summed E-state index contributed by atoms with van der Waals surface area (Å²) in [5.74, 6) is 1.62. The van der Waals surface area contributed by atoms with Crippen LogP contribution in [0.15, 0.2) is 36.4 Å². The molecular weight excluding hydrogens is 326 g/mol. The molecule has 0 bridgehead atoms. The SMILES string of the molecule is Cn1c2c(c3ccc(Nc4ccc5c(c4)OCCO5)cc31)CCNCC2. The van der Waals surface area contributed by atoms with Crippen LogP contribution in [0.2, 0.25) is 0 Å². The predicted octanol–water partition coefficient (Wildman–Crippen LogP) is 3.38. The van der Waals surface area contributed by atoms with E-state index in [0.29, 0.717) is 13.2 Å². The molecule has 3 aromatic rings. The summed E-state index contributed by atoms with van der Waals surface area (Å²) in [4.78, 5) is 0. The summed E-state index contributed by atoms with van der Waals surface area (Å²) in [6, 6.07) is 12.7. The third kappa shape index (κ3) is 2.59. The highest BCUT2D eigenvalue weighted by atomic mass is 16.6. The van der Waals surface area contributed by atoms with Crippen LogP contribution in [0.4, 0.5) is 11.4 Å². The van der Waals surface area contributed by atoms with Crippen molar-refractivity contribution in [2.24, 2.45) is 7.05 Å². The summed E-state index contributed by atoms with van der Waals surface area (Å²) in [6.07, 6.45) is 2.19. The van der Waals surface area contributed by atoms with Crippen molar-refractivity contribution in [1.82, 2.24) is 9.88 Å². The lowest BCUT2D eigenvalue weighted by molar-refractivity contribution is 0.171. The van der Waals surface area contributed by atoms with Gasteiger partial charge in [0.2, 0.25) is 0 Å². The van der Waals surface area contributed by atoms with Gasteiger partial charge in [-0.1, -0.05) is 6.07 Å². The van der Waals surface area contributed by atoms with Crippen molar-refractivity contribution < 1.29 is 9.47 Å². The first-order valence-electron chi connectivity index (χ1n) is 9.27. The Hall–Kier alpha value is -2.66. The summed E-state index contributed by atoms with van der Waals surface area (Å²) >= 11 is 0. The van der Waals surface area contributed by atoms with E-state index in [0.717, 1.165) is 48.8 Å². The van der Waals surface area contributed by atoms with Crippen molar-refractivity contribution >= 4 is 22.3 Å². The highest BCUT2D eigenvalue weighted by Crippen LogP contribution is 2.35. The number of aryl methyl sites for hydroxylation is 1. The Morgan fingerprint density at radius 1 is 0.923 bits per heavy atom. The largest absolute Gasteiger partial charge is 0.486 e. The molecule has 5 heteroatoms. The quantitative estimate of drug-likeness (QED) is 0.745. The number of rotatable bonds is 2. The van der Waals surface area contributed by atoms with Crippen LogP contribution >= 0.6 is 0 Å². The second kappa shape index (κ2) is 6.25. The van der Waals surface area contributed by atoms with E-state index in [1.165, 1.54) is 22.2 Å². The van der Waals surface area contributed by atoms with Crippen LogP contribution in [0.5, 0.6) is 11.5 Å². The number of hydrogen-bond acceptors (Lipinski definition) is 4. The van der Waals surface area contributed by atoms with Gasteiger partial charge in [0, 0.05) is 48.5 Å². The first-order valence-corrected chi connectivity index (χ1v) is 9.27. The standard InChI is InChI=1S/C21H23N3O2/c1-24-18-7-9-22-8-6-17(18)16-4-2-14(12-19(16)24)23-15-3-5-20-21(13-15)26-11-10-25-20/h2-5,12-13,22-23H,6-11H2,1H3. The normalized spacial score (nSPS) is 16.2. The second-order valence-corrected chi connectivity index (χ2v) is 6.95. The maximum Gasteiger partial charge on any atom is 0.163 e. The second-order valence-electron chi connectivity index (χ2n) is 6.95. The summed E-state index contributed by atoms with van der Waals surface area (Å²) < 4.78 is 13.6. The molecule has 5 rings (SSSR count). The van der Waals surface area contributed by atoms with Gasteiger partial charge >= 0.3 is 0 Å². The molecule has 0 saturated carbocycles. The molecule has 5 nitrogen and oxygen atoms in total. The van der Waals surface area contributed by atoms with Gasteiger partial charge in [0.05, 0.1) is 5.52 Å². The van der Waals surface area contributed by atoms with Gasteiger partial charge in [-0.25, -0.2) is 0 Å². The van der Waals surface area contributed by atoms with Gasteiger partial charge in [-0.2, -0.15) is 0 Å². The minimum absolute atomic E-state index is 0.603. The Morgan fingerprint density at radius 3 is 2.62 bits per heavy atom. The van der Waals surface area contributed by atoms with Crippen LogP contribution in [0.25, 0.3) is 10.9 Å². The van der Waals surface area contributed by atoms with Crippen LogP contribution in [0.1, 0.15) is 11.3 Å². The minimum Gasteiger partial charge on any atom is -0.486 e. The maximum atomic E-state index is 5.68. The van der Waals surface area contributed by atoms with Crippen LogP contribution in [0.3, 0.4) is 0 Å². The lowest BCUT2D eigenvalue weighted by atomic mass is 10.1. The van der Waals surface area contributed by atoms with Crippen molar-refractivity contribution in [3.8, 4) is 11.5 Å². The zero-order valence-corrected chi connectivity index (χ0v) is 15.0. The molecule has 0 aliphatic carbocycles. The molecule has 134 valence electrons. The molecule has 0 unspecified atom stereocenters. The van der Waals surface area contributed by atoms with Gasteiger partial charge in [-0.05, 0) is 42.8 Å². The molecule has 1 aromatic heterocycles. The smallest absolute Gasteiger partial charge is 0.163 e. The molecule has 2 aliphatic rings. The van der Waals surface area contributed by atoms with Gasteiger partial charge in [0.25, 0.3) is 0 Å². The molecule has 0 spiro atoms. The Bertz CT molecular complexity index is 977. The summed E-state index contributed by atoms with van der Waals surface area (Å²) in [5, 5.41) is 8.37. The molecule has 0 atom stereocenters. The van der Waals surface area contributed by atoms with Gasteiger partial charge in [-0.3, -0.25) is 0 Å². The number of nitrogens with one attached hydrogen (secondary N) is 2. The Balaban J connectivity index is 1.49. The number of aromatic nitrogens is 1. The van der Waals surface area contributed by atoms with Crippen molar-refractivity contribution in [2.75, 3.05) is 31.6 Å². The summed E-state index contributed by atoms with van der Waals surface area (Å²) in [7, 11) is 2.18. The van der Waals surface area contributed by atoms with Crippen LogP contribution in [0, 0.1) is 0 Å². The van der Waals surface area contributed by atoms with Crippen LogP contribution in [-0.4, -0.2) is 30.9 Å². The van der Waals surface area contributed by atoms with E-state index in [2.05, 4.69) is 40.4 Å². The molecule has 0 radical (unpaired) electrons. The van der Waals surface area contributed by atoms with Gasteiger partial charge in [0.1, 0.15) is 13.2 Å². The molecule has 2 N–H and O–H groups in total. The topological polar surface area (TPSA) is 47.5 Å². The average Bonchev–Trinajstić information content (AvgIpc) is 2.83. The summed E-state index contributed by atoms with van der Waals surface area (Å²) in [6.45, 7) is 3.33. The molecule has 2 aromatic carbocycles. The zero-order chi connectivity index (χ0) is 17.5.